The van der Waals surface area contributed by atoms with Gasteiger partial charge < -0.3 is 4.74 Å². The molecule has 0 spiro atoms. The van der Waals surface area contributed by atoms with Gasteiger partial charge in [-0.25, -0.2) is 13.2 Å². The summed E-state index contributed by atoms with van der Waals surface area (Å²) in [5, 5.41) is 0.103. The highest BCUT2D eigenvalue weighted by molar-refractivity contribution is 7.98. The van der Waals surface area contributed by atoms with Gasteiger partial charge in [0.25, 0.3) is 0 Å². The normalized spacial score (nSPS) is 15.0. The van der Waals surface area contributed by atoms with Crippen LogP contribution in [0.1, 0.15) is 28.8 Å². The SMILES string of the molecule is CSc1ccc(COC(=O)c2ccc(Cl)c(S(=O)(=O)N3CCCC3)c2)cc1. The van der Waals surface area contributed by atoms with Gasteiger partial charge in [0, 0.05) is 18.0 Å². The molecule has 8 heteroatoms. The van der Waals surface area contributed by atoms with E-state index in [4.69, 9.17) is 16.3 Å². The first-order chi connectivity index (χ1) is 12.9. The van der Waals surface area contributed by atoms with Crippen molar-refractivity contribution in [3.05, 3.63) is 58.6 Å². The molecular weight excluding hydrogens is 406 g/mol. The maximum atomic E-state index is 12.8. The topological polar surface area (TPSA) is 63.7 Å². The molecule has 0 N–H and O–H groups in total. The zero-order valence-electron chi connectivity index (χ0n) is 14.9. The molecule has 0 aromatic heterocycles. The first kappa shape index (κ1) is 20.2. The van der Waals surface area contributed by atoms with Gasteiger partial charge in [-0.2, -0.15) is 4.31 Å². The van der Waals surface area contributed by atoms with Crippen molar-refractivity contribution in [2.24, 2.45) is 0 Å². The molecule has 1 aliphatic rings. The summed E-state index contributed by atoms with van der Waals surface area (Å²) in [6, 6.07) is 11.9. The van der Waals surface area contributed by atoms with E-state index in [-0.39, 0.29) is 22.1 Å². The summed E-state index contributed by atoms with van der Waals surface area (Å²) in [5.41, 5.74) is 1.03. The van der Waals surface area contributed by atoms with E-state index in [0.717, 1.165) is 23.3 Å². The molecule has 0 unspecified atom stereocenters. The first-order valence-electron chi connectivity index (χ1n) is 8.51. The number of hydrogen-bond donors (Lipinski definition) is 0. The lowest BCUT2D eigenvalue weighted by molar-refractivity contribution is 0.0472. The molecule has 0 atom stereocenters. The zero-order chi connectivity index (χ0) is 19.4. The molecule has 0 radical (unpaired) electrons. The van der Waals surface area contributed by atoms with Gasteiger partial charge in [-0.15, -0.1) is 11.8 Å². The Hall–Kier alpha value is -1.54. The number of ether oxygens (including phenoxy) is 1. The van der Waals surface area contributed by atoms with E-state index in [2.05, 4.69) is 0 Å². The Balaban J connectivity index is 1.75. The van der Waals surface area contributed by atoms with Crippen LogP contribution in [0.4, 0.5) is 0 Å². The van der Waals surface area contributed by atoms with Crippen LogP contribution in [0.25, 0.3) is 0 Å². The van der Waals surface area contributed by atoms with Crippen LogP contribution in [0.15, 0.2) is 52.3 Å². The van der Waals surface area contributed by atoms with Crippen molar-refractivity contribution in [2.75, 3.05) is 19.3 Å². The smallest absolute Gasteiger partial charge is 0.338 e. The van der Waals surface area contributed by atoms with Crippen LogP contribution in [0.3, 0.4) is 0 Å². The van der Waals surface area contributed by atoms with Crippen LogP contribution in [-0.4, -0.2) is 38.0 Å². The highest BCUT2D eigenvalue weighted by atomic mass is 35.5. The Labute approximate surface area is 168 Å². The van der Waals surface area contributed by atoms with Gasteiger partial charge in [0.2, 0.25) is 10.0 Å². The maximum absolute atomic E-state index is 12.8. The van der Waals surface area contributed by atoms with Gasteiger partial charge in [0.15, 0.2) is 0 Å². The number of thioether (sulfide) groups is 1. The molecule has 1 aliphatic heterocycles. The van der Waals surface area contributed by atoms with Gasteiger partial charge in [0.1, 0.15) is 11.5 Å². The predicted octanol–water partition coefficient (Wildman–Crippen LogP) is 4.20. The van der Waals surface area contributed by atoms with Crippen LogP contribution in [0.2, 0.25) is 5.02 Å². The van der Waals surface area contributed by atoms with Crippen molar-refractivity contribution >= 4 is 39.4 Å². The standard InChI is InChI=1S/C19H20ClNO4S2/c1-26-16-7-4-14(5-8-16)13-25-19(22)15-6-9-17(20)18(12-15)27(23,24)21-10-2-3-11-21/h4-9,12H,2-3,10-11,13H2,1H3. The average molecular weight is 426 g/mol. The molecule has 144 valence electrons. The number of halogens is 1. The first-order valence-corrected chi connectivity index (χ1v) is 11.6. The monoisotopic (exact) mass is 425 g/mol. The largest absolute Gasteiger partial charge is 0.457 e. The van der Waals surface area contributed by atoms with Crippen molar-refractivity contribution in [1.29, 1.82) is 0 Å². The second kappa shape index (κ2) is 8.65. The van der Waals surface area contributed by atoms with E-state index in [1.165, 1.54) is 22.5 Å². The van der Waals surface area contributed by atoms with E-state index in [1.54, 1.807) is 11.8 Å². The lowest BCUT2D eigenvalue weighted by Gasteiger charge is -2.17. The van der Waals surface area contributed by atoms with Gasteiger partial charge in [-0.1, -0.05) is 23.7 Å². The number of rotatable bonds is 6. The summed E-state index contributed by atoms with van der Waals surface area (Å²) in [6.45, 7) is 1.06. The fraction of sp³-hybridized carbons (Fsp3) is 0.316. The van der Waals surface area contributed by atoms with Crippen molar-refractivity contribution in [1.82, 2.24) is 4.31 Å². The molecular formula is C19H20ClNO4S2. The van der Waals surface area contributed by atoms with Crippen molar-refractivity contribution in [3.63, 3.8) is 0 Å². The maximum Gasteiger partial charge on any atom is 0.338 e. The molecule has 0 bridgehead atoms. The second-order valence-corrected chi connectivity index (χ2v) is 9.37. The molecule has 3 rings (SSSR count). The molecule has 2 aromatic rings. The minimum Gasteiger partial charge on any atom is -0.457 e. The van der Waals surface area contributed by atoms with E-state index in [1.807, 2.05) is 30.5 Å². The number of benzene rings is 2. The number of sulfonamides is 1. The van der Waals surface area contributed by atoms with Crippen molar-refractivity contribution in [2.45, 2.75) is 29.2 Å². The average Bonchev–Trinajstić information content (AvgIpc) is 3.22. The van der Waals surface area contributed by atoms with E-state index >= 15 is 0 Å². The molecule has 1 saturated heterocycles. The number of nitrogens with zero attached hydrogens (tertiary/aromatic N) is 1. The summed E-state index contributed by atoms with van der Waals surface area (Å²) in [5.74, 6) is -0.585. The van der Waals surface area contributed by atoms with E-state index < -0.39 is 16.0 Å². The summed E-state index contributed by atoms with van der Waals surface area (Å²) < 4.78 is 32.2. The third kappa shape index (κ3) is 4.66. The molecule has 1 fully saturated rings. The molecule has 5 nitrogen and oxygen atoms in total. The third-order valence-corrected chi connectivity index (χ3v) is 7.50. The van der Waals surface area contributed by atoms with Crippen LogP contribution >= 0.6 is 23.4 Å². The van der Waals surface area contributed by atoms with Crippen LogP contribution in [0.5, 0.6) is 0 Å². The summed E-state index contributed by atoms with van der Waals surface area (Å²) in [4.78, 5) is 13.4. The number of carbonyl (C=O) groups excluding carboxylic acids is 1. The summed E-state index contributed by atoms with van der Waals surface area (Å²) in [7, 11) is -3.71. The van der Waals surface area contributed by atoms with Crippen LogP contribution in [-0.2, 0) is 21.4 Å². The van der Waals surface area contributed by atoms with E-state index in [0.29, 0.717) is 13.1 Å². The van der Waals surface area contributed by atoms with Gasteiger partial charge >= 0.3 is 5.97 Å². The van der Waals surface area contributed by atoms with Crippen molar-refractivity contribution < 1.29 is 17.9 Å². The Morgan fingerprint density at radius 3 is 2.44 bits per heavy atom. The molecule has 2 aromatic carbocycles. The zero-order valence-corrected chi connectivity index (χ0v) is 17.2. The summed E-state index contributed by atoms with van der Waals surface area (Å²) in [6.07, 6.45) is 3.64. The van der Waals surface area contributed by atoms with Crippen LogP contribution in [0, 0.1) is 0 Å². The highest BCUT2D eigenvalue weighted by Gasteiger charge is 2.29. The van der Waals surface area contributed by atoms with Crippen molar-refractivity contribution in [3.8, 4) is 0 Å². The third-order valence-electron chi connectivity index (χ3n) is 4.38. The van der Waals surface area contributed by atoms with Gasteiger partial charge in [-0.3, -0.25) is 0 Å². The Morgan fingerprint density at radius 1 is 1.15 bits per heavy atom. The van der Waals surface area contributed by atoms with E-state index in [9.17, 15) is 13.2 Å². The Bertz CT molecular complexity index is 923. The number of esters is 1. The number of carbonyl (C=O) groups is 1. The highest BCUT2D eigenvalue weighted by Crippen LogP contribution is 2.28. The molecule has 1 heterocycles. The van der Waals surface area contributed by atoms with Gasteiger partial charge in [-0.05, 0) is 55.0 Å². The Kier molecular flexibility index (Phi) is 6.47. The second-order valence-electron chi connectivity index (χ2n) is 6.18. The fourth-order valence-electron chi connectivity index (χ4n) is 2.85. The molecule has 27 heavy (non-hydrogen) atoms. The lowest BCUT2D eigenvalue weighted by Crippen LogP contribution is -2.28. The lowest BCUT2D eigenvalue weighted by atomic mass is 10.2. The minimum absolute atomic E-state index is 0.0511. The summed E-state index contributed by atoms with van der Waals surface area (Å²) >= 11 is 7.74. The fourth-order valence-corrected chi connectivity index (χ4v) is 5.28. The van der Waals surface area contributed by atoms with Gasteiger partial charge in [0.05, 0.1) is 10.6 Å². The Morgan fingerprint density at radius 2 is 1.81 bits per heavy atom. The quantitative estimate of drug-likeness (QED) is 0.512. The molecule has 0 amide bonds. The predicted molar refractivity (Wildman–Crippen MR) is 107 cm³/mol. The van der Waals surface area contributed by atoms with Crippen LogP contribution < -0.4 is 0 Å². The minimum atomic E-state index is -3.71. The molecule has 0 aliphatic carbocycles. The number of hydrogen-bond acceptors (Lipinski definition) is 5. The molecule has 0 saturated carbocycles.